The van der Waals surface area contributed by atoms with Gasteiger partial charge in [0.25, 0.3) is 5.91 Å². The van der Waals surface area contributed by atoms with Crippen molar-refractivity contribution in [1.82, 2.24) is 15.3 Å². The lowest BCUT2D eigenvalue weighted by Crippen LogP contribution is -2.45. The second-order valence-electron chi connectivity index (χ2n) is 7.73. The fraction of sp³-hybridized carbons (Fsp3) is 0.476. The van der Waals surface area contributed by atoms with Gasteiger partial charge >= 0.3 is 0 Å². The van der Waals surface area contributed by atoms with Crippen molar-refractivity contribution in [1.29, 1.82) is 0 Å². The summed E-state index contributed by atoms with van der Waals surface area (Å²) in [6, 6.07) is 9.85. The van der Waals surface area contributed by atoms with Gasteiger partial charge in [0, 0.05) is 36.8 Å². The van der Waals surface area contributed by atoms with Crippen LogP contribution in [0.15, 0.2) is 36.7 Å². The van der Waals surface area contributed by atoms with E-state index in [-0.39, 0.29) is 24.7 Å². The van der Waals surface area contributed by atoms with E-state index < -0.39 is 0 Å². The SMILES string of the molecule is Cc1cccc(OCC(=O)NC2CC(c3cc(N4CCC(O)C4)ncn3)C2)c1. The minimum Gasteiger partial charge on any atom is -0.484 e. The second kappa shape index (κ2) is 8.14. The number of amides is 1. The number of aromatic nitrogens is 2. The largest absolute Gasteiger partial charge is 0.484 e. The molecule has 1 saturated carbocycles. The van der Waals surface area contributed by atoms with E-state index in [2.05, 4.69) is 20.2 Å². The Morgan fingerprint density at radius 2 is 2.18 bits per heavy atom. The average molecular weight is 382 g/mol. The molecule has 2 aromatic rings. The maximum absolute atomic E-state index is 12.1. The molecule has 0 radical (unpaired) electrons. The van der Waals surface area contributed by atoms with Gasteiger partial charge in [-0.2, -0.15) is 0 Å². The normalized spacial score (nSPS) is 23.9. The monoisotopic (exact) mass is 382 g/mol. The van der Waals surface area contributed by atoms with E-state index in [4.69, 9.17) is 4.74 Å². The van der Waals surface area contributed by atoms with Crippen LogP contribution in [0.3, 0.4) is 0 Å². The van der Waals surface area contributed by atoms with Gasteiger partial charge < -0.3 is 20.1 Å². The Morgan fingerprint density at radius 1 is 1.32 bits per heavy atom. The van der Waals surface area contributed by atoms with E-state index >= 15 is 0 Å². The molecule has 2 heterocycles. The molecule has 1 unspecified atom stereocenters. The minimum atomic E-state index is -0.274. The number of aliphatic hydroxyl groups excluding tert-OH is 1. The van der Waals surface area contributed by atoms with Gasteiger partial charge in [0.15, 0.2) is 6.61 Å². The van der Waals surface area contributed by atoms with Crippen LogP contribution < -0.4 is 15.0 Å². The van der Waals surface area contributed by atoms with E-state index in [1.165, 1.54) is 0 Å². The van der Waals surface area contributed by atoms with Gasteiger partial charge in [0.2, 0.25) is 0 Å². The number of carbonyl (C=O) groups excluding carboxylic acids is 1. The molecule has 1 aromatic carbocycles. The highest BCUT2D eigenvalue weighted by Crippen LogP contribution is 2.36. The number of ether oxygens (including phenoxy) is 1. The fourth-order valence-corrected chi connectivity index (χ4v) is 3.81. The molecule has 7 heteroatoms. The highest BCUT2D eigenvalue weighted by Gasteiger charge is 2.33. The Morgan fingerprint density at radius 3 is 2.93 bits per heavy atom. The van der Waals surface area contributed by atoms with Crippen molar-refractivity contribution in [2.24, 2.45) is 0 Å². The van der Waals surface area contributed by atoms with Gasteiger partial charge in [-0.05, 0) is 43.9 Å². The number of hydrogen-bond donors (Lipinski definition) is 2. The quantitative estimate of drug-likeness (QED) is 0.792. The number of aliphatic hydroxyl groups is 1. The number of anilines is 1. The van der Waals surface area contributed by atoms with Gasteiger partial charge in [-0.15, -0.1) is 0 Å². The number of β-amino-alcohol motifs (C(OH)–C–C–N with tert-alkyl or cyclic N) is 1. The van der Waals surface area contributed by atoms with Crippen LogP contribution in [0, 0.1) is 6.92 Å². The summed E-state index contributed by atoms with van der Waals surface area (Å²) in [4.78, 5) is 23.0. The van der Waals surface area contributed by atoms with Gasteiger partial charge in [0.1, 0.15) is 17.9 Å². The summed E-state index contributed by atoms with van der Waals surface area (Å²) in [7, 11) is 0. The van der Waals surface area contributed by atoms with Crippen LogP contribution in [0.2, 0.25) is 0 Å². The Bertz CT molecular complexity index is 838. The summed E-state index contributed by atoms with van der Waals surface area (Å²) >= 11 is 0. The summed E-state index contributed by atoms with van der Waals surface area (Å²) in [5.41, 5.74) is 2.11. The molecule has 0 spiro atoms. The highest BCUT2D eigenvalue weighted by molar-refractivity contribution is 5.78. The van der Waals surface area contributed by atoms with Crippen LogP contribution in [-0.4, -0.2) is 52.8 Å². The highest BCUT2D eigenvalue weighted by atomic mass is 16.5. The van der Waals surface area contributed by atoms with Crippen molar-refractivity contribution in [2.75, 3.05) is 24.6 Å². The number of aryl methyl sites for hydroxylation is 1. The summed E-state index contributed by atoms with van der Waals surface area (Å²) in [5, 5.41) is 12.7. The van der Waals surface area contributed by atoms with Crippen LogP contribution in [0.1, 0.15) is 36.4 Å². The Labute approximate surface area is 164 Å². The minimum absolute atomic E-state index is 0.0273. The topological polar surface area (TPSA) is 87.6 Å². The first-order valence-corrected chi connectivity index (χ1v) is 9.80. The van der Waals surface area contributed by atoms with E-state index in [9.17, 15) is 9.90 Å². The molecule has 1 saturated heterocycles. The van der Waals surface area contributed by atoms with Crippen molar-refractivity contribution in [3.05, 3.63) is 47.9 Å². The van der Waals surface area contributed by atoms with Crippen molar-refractivity contribution in [3.63, 3.8) is 0 Å². The lowest BCUT2D eigenvalue weighted by atomic mass is 9.78. The van der Waals surface area contributed by atoms with Gasteiger partial charge in [-0.1, -0.05) is 12.1 Å². The number of rotatable bonds is 6. The molecule has 0 bridgehead atoms. The molecule has 2 N–H and O–H groups in total. The summed E-state index contributed by atoms with van der Waals surface area (Å²) < 4.78 is 5.55. The summed E-state index contributed by atoms with van der Waals surface area (Å²) in [5.74, 6) is 1.82. The Balaban J connectivity index is 1.24. The Hall–Kier alpha value is -2.67. The van der Waals surface area contributed by atoms with E-state index in [0.29, 0.717) is 18.2 Å². The molecule has 4 rings (SSSR count). The molecule has 1 atom stereocenters. The number of nitrogens with zero attached hydrogens (tertiary/aromatic N) is 3. The number of nitrogens with one attached hydrogen (secondary N) is 1. The van der Waals surface area contributed by atoms with Gasteiger partial charge in [-0.25, -0.2) is 9.97 Å². The first-order chi connectivity index (χ1) is 13.6. The predicted molar refractivity (Wildman–Crippen MR) is 105 cm³/mol. The smallest absolute Gasteiger partial charge is 0.258 e. The number of hydrogen-bond acceptors (Lipinski definition) is 6. The van der Waals surface area contributed by atoms with Crippen molar-refractivity contribution in [2.45, 2.75) is 44.2 Å². The molecular formula is C21H26N4O3. The van der Waals surface area contributed by atoms with E-state index in [0.717, 1.165) is 42.9 Å². The molecule has 1 amide bonds. The van der Waals surface area contributed by atoms with E-state index in [1.807, 2.05) is 37.3 Å². The standard InChI is InChI=1S/C21H26N4O3/c1-14-3-2-4-18(7-14)28-12-21(27)24-16-8-15(9-16)19-10-20(23-13-22-19)25-6-5-17(26)11-25/h2-4,7,10,13,15-17,26H,5-6,8-9,11-12H2,1H3,(H,24,27). The molecule has 2 fully saturated rings. The van der Waals surface area contributed by atoms with Crippen molar-refractivity contribution >= 4 is 11.7 Å². The summed E-state index contributed by atoms with van der Waals surface area (Å²) in [6.07, 6.45) is 3.84. The van der Waals surface area contributed by atoms with Gasteiger partial charge in [0.05, 0.1) is 6.10 Å². The Kier molecular flexibility index (Phi) is 5.43. The molecule has 1 aliphatic heterocycles. The number of carbonyl (C=O) groups is 1. The molecule has 2 aliphatic rings. The lowest BCUT2D eigenvalue weighted by molar-refractivity contribution is -0.124. The maximum atomic E-state index is 12.1. The molecule has 7 nitrogen and oxygen atoms in total. The van der Waals surface area contributed by atoms with Crippen LogP contribution in [0.4, 0.5) is 5.82 Å². The average Bonchev–Trinajstić information content (AvgIpc) is 3.09. The van der Waals surface area contributed by atoms with E-state index in [1.54, 1.807) is 6.33 Å². The molecule has 1 aromatic heterocycles. The third kappa shape index (κ3) is 4.42. The number of benzene rings is 1. The third-order valence-corrected chi connectivity index (χ3v) is 5.44. The van der Waals surface area contributed by atoms with Crippen LogP contribution in [0.5, 0.6) is 5.75 Å². The zero-order valence-electron chi connectivity index (χ0n) is 16.0. The molecular weight excluding hydrogens is 356 g/mol. The molecule has 28 heavy (non-hydrogen) atoms. The summed E-state index contributed by atoms with van der Waals surface area (Å²) in [6.45, 7) is 3.47. The van der Waals surface area contributed by atoms with Crippen molar-refractivity contribution in [3.8, 4) is 5.75 Å². The zero-order valence-corrected chi connectivity index (χ0v) is 16.0. The maximum Gasteiger partial charge on any atom is 0.258 e. The predicted octanol–water partition coefficient (Wildman–Crippen LogP) is 1.80. The molecule has 1 aliphatic carbocycles. The van der Waals surface area contributed by atoms with Crippen LogP contribution in [0.25, 0.3) is 0 Å². The lowest BCUT2D eigenvalue weighted by Gasteiger charge is -2.35. The van der Waals surface area contributed by atoms with Crippen molar-refractivity contribution < 1.29 is 14.6 Å². The first kappa shape index (κ1) is 18.7. The zero-order chi connectivity index (χ0) is 19.5. The first-order valence-electron chi connectivity index (χ1n) is 9.80. The second-order valence-corrected chi connectivity index (χ2v) is 7.73. The van der Waals surface area contributed by atoms with Crippen LogP contribution >= 0.6 is 0 Å². The van der Waals surface area contributed by atoms with Crippen LogP contribution in [-0.2, 0) is 4.79 Å². The third-order valence-electron chi connectivity index (χ3n) is 5.44. The fourth-order valence-electron chi connectivity index (χ4n) is 3.81. The molecule has 148 valence electrons. The van der Waals surface area contributed by atoms with Gasteiger partial charge in [-0.3, -0.25) is 4.79 Å².